The second-order valence-electron chi connectivity index (χ2n) is 9.85. The summed E-state index contributed by atoms with van der Waals surface area (Å²) >= 11 is 0. The Kier molecular flexibility index (Phi) is 8.60. The molecule has 2 rings (SSSR count). The monoisotopic (exact) mass is 419 g/mol. The predicted molar refractivity (Wildman–Crippen MR) is 121 cm³/mol. The summed E-state index contributed by atoms with van der Waals surface area (Å²) < 4.78 is 16.8. The van der Waals surface area contributed by atoms with Crippen LogP contribution < -0.4 is 9.47 Å². The number of nitrogens with zero attached hydrogens (tertiary/aromatic N) is 1. The summed E-state index contributed by atoms with van der Waals surface area (Å²) in [7, 11) is 3.27. The van der Waals surface area contributed by atoms with Gasteiger partial charge in [-0.05, 0) is 68.6 Å². The first kappa shape index (κ1) is 24.5. The van der Waals surface area contributed by atoms with E-state index in [0.29, 0.717) is 24.0 Å². The summed E-state index contributed by atoms with van der Waals surface area (Å²) in [5, 5.41) is 0. The molecule has 5 heteroatoms. The summed E-state index contributed by atoms with van der Waals surface area (Å²) in [6.45, 7) is 12.8. The molecule has 1 saturated heterocycles. The van der Waals surface area contributed by atoms with Crippen LogP contribution >= 0.6 is 0 Å². The average Bonchev–Trinajstić information content (AvgIpc) is 2.68. The van der Waals surface area contributed by atoms with Crippen LogP contribution in [0.4, 0.5) is 0 Å². The van der Waals surface area contributed by atoms with Gasteiger partial charge in [0.2, 0.25) is 5.91 Å². The molecule has 0 saturated carbocycles. The van der Waals surface area contributed by atoms with Gasteiger partial charge in [0.15, 0.2) is 11.5 Å². The maximum Gasteiger partial charge on any atom is 0.219 e. The van der Waals surface area contributed by atoms with Crippen molar-refractivity contribution in [3.05, 3.63) is 23.8 Å². The lowest BCUT2D eigenvalue weighted by molar-refractivity contribution is -0.132. The maximum absolute atomic E-state index is 12.4. The Balaban J connectivity index is 2.13. The van der Waals surface area contributed by atoms with E-state index in [1.807, 2.05) is 23.1 Å². The van der Waals surface area contributed by atoms with Crippen LogP contribution in [0.1, 0.15) is 72.3 Å². The molecule has 0 aromatic heterocycles. The van der Waals surface area contributed by atoms with Gasteiger partial charge >= 0.3 is 0 Å². The maximum atomic E-state index is 12.4. The minimum absolute atomic E-state index is 0.0976. The van der Waals surface area contributed by atoms with Crippen molar-refractivity contribution in [1.82, 2.24) is 4.90 Å². The van der Waals surface area contributed by atoms with Crippen LogP contribution in [0, 0.1) is 11.3 Å². The Morgan fingerprint density at radius 3 is 2.43 bits per heavy atom. The summed E-state index contributed by atoms with van der Waals surface area (Å²) in [6, 6.07) is 5.86. The lowest BCUT2D eigenvalue weighted by Crippen LogP contribution is -2.43. The molecule has 1 aromatic carbocycles. The summed E-state index contributed by atoms with van der Waals surface area (Å²) in [5.41, 5.74) is 1.18. The number of benzene rings is 1. The van der Waals surface area contributed by atoms with Gasteiger partial charge < -0.3 is 19.1 Å². The van der Waals surface area contributed by atoms with Crippen molar-refractivity contribution < 1.29 is 19.0 Å². The molecule has 1 fully saturated rings. The molecule has 0 N–H and O–H groups in total. The molecule has 0 bridgehead atoms. The van der Waals surface area contributed by atoms with Crippen molar-refractivity contribution in [3.8, 4) is 11.5 Å². The van der Waals surface area contributed by atoms with E-state index < -0.39 is 0 Å². The van der Waals surface area contributed by atoms with Crippen molar-refractivity contribution in [2.24, 2.45) is 11.3 Å². The molecule has 1 heterocycles. The standard InChI is InChI=1S/C25H41NO4/c1-19(2)10-11-25(13-15-30-24(4,5)18-25)12-14-26(20(3)27)17-21-8-9-22(28-6)23(16-21)29-7/h8-9,16,19H,10-15,17-18H2,1-7H3. The quantitative estimate of drug-likeness (QED) is 0.506. The summed E-state index contributed by atoms with van der Waals surface area (Å²) in [4.78, 5) is 14.4. The molecule has 0 radical (unpaired) electrons. The SMILES string of the molecule is COc1ccc(CN(CCC2(CCC(C)C)CCOC(C)(C)C2)C(C)=O)cc1OC. The minimum Gasteiger partial charge on any atom is -0.493 e. The van der Waals surface area contributed by atoms with Crippen molar-refractivity contribution in [3.63, 3.8) is 0 Å². The van der Waals surface area contributed by atoms with Crippen LogP contribution in [0.15, 0.2) is 18.2 Å². The number of hydrogen-bond acceptors (Lipinski definition) is 4. The van der Waals surface area contributed by atoms with Crippen molar-refractivity contribution in [2.45, 2.75) is 78.9 Å². The Labute approximate surface area is 183 Å². The van der Waals surface area contributed by atoms with E-state index in [2.05, 4.69) is 27.7 Å². The summed E-state index contributed by atoms with van der Waals surface area (Å²) in [5.74, 6) is 2.18. The number of carbonyl (C=O) groups is 1. The van der Waals surface area contributed by atoms with Crippen LogP contribution in [0.25, 0.3) is 0 Å². The van der Waals surface area contributed by atoms with Gasteiger partial charge in [0, 0.05) is 26.6 Å². The number of methoxy groups -OCH3 is 2. The van der Waals surface area contributed by atoms with Gasteiger partial charge in [-0.3, -0.25) is 4.79 Å². The second-order valence-corrected chi connectivity index (χ2v) is 9.85. The fraction of sp³-hybridized carbons (Fsp3) is 0.720. The van der Waals surface area contributed by atoms with Crippen molar-refractivity contribution in [2.75, 3.05) is 27.4 Å². The third-order valence-corrected chi connectivity index (χ3v) is 6.36. The fourth-order valence-electron chi connectivity index (χ4n) is 4.65. The van der Waals surface area contributed by atoms with Crippen LogP contribution in [0.5, 0.6) is 11.5 Å². The highest BCUT2D eigenvalue weighted by Gasteiger charge is 2.40. The van der Waals surface area contributed by atoms with Crippen LogP contribution in [-0.2, 0) is 16.1 Å². The molecule has 1 aliphatic rings. The number of carbonyl (C=O) groups excluding carboxylic acids is 1. The molecule has 1 atom stereocenters. The first-order valence-electron chi connectivity index (χ1n) is 11.2. The molecule has 30 heavy (non-hydrogen) atoms. The molecular weight excluding hydrogens is 378 g/mol. The van der Waals surface area contributed by atoms with Gasteiger partial charge in [0.05, 0.1) is 19.8 Å². The second kappa shape index (κ2) is 10.5. The van der Waals surface area contributed by atoms with Crippen LogP contribution in [-0.4, -0.2) is 43.8 Å². The third-order valence-electron chi connectivity index (χ3n) is 6.36. The number of hydrogen-bond donors (Lipinski definition) is 0. The first-order valence-corrected chi connectivity index (χ1v) is 11.2. The molecule has 1 unspecified atom stereocenters. The smallest absolute Gasteiger partial charge is 0.219 e. The van der Waals surface area contributed by atoms with E-state index in [0.717, 1.165) is 38.0 Å². The fourth-order valence-corrected chi connectivity index (χ4v) is 4.65. The predicted octanol–water partition coefficient (Wildman–Crippen LogP) is 5.45. The van der Waals surface area contributed by atoms with E-state index >= 15 is 0 Å². The van der Waals surface area contributed by atoms with Gasteiger partial charge in [-0.15, -0.1) is 0 Å². The highest BCUT2D eigenvalue weighted by molar-refractivity contribution is 5.73. The Morgan fingerprint density at radius 2 is 1.87 bits per heavy atom. The van der Waals surface area contributed by atoms with Gasteiger partial charge in [0.1, 0.15) is 0 Å². The lowest BCUT2D eigenvalue weighted by Gasteiger charge is -2.46. The normalized spacial score (nSPS) is 20.8. The zero-order valence-corrected chi connectivity index (χ0v) is 20.0. The zero-order valence-electron chi connectivity index (χ0n) is 20.0. The van der Waals surface area contributed by atoms with E-state index in [1.54, 1.807) is 21.1 Å². The van der Waals surface area contributed by atoms with Crippen molar-refractivity contribution >= 4 is 5.91 Å². The minimum atomic E-state index is -0.0976. The molecule has 5 nitrogen and oxygen atoms in total. The average molecular weight is 420 g/mol. The Bertz CT molecular complexity index is 700. The van der Waals surface area contributed by atoms with Crippen molar-refractivity contribution in [1.29, 1.82) is 0 Å². The molecular formula is C25H41NO4. The van der Waals surface area contributed by atoms with Gasteiger partial charge in [-0.25, -0.2) is 0 Å². The van der Waals surface area contributed by atoms with E-state index in [-0.39, 0.29) is 16.9 Å². The molecule has 1 amide bonds. The third kappa shape index (κ3) is 6.90. The Morgan fingerprint density at radius 1 is 1.17 bits per heavy atom. The Hall–Kier alpha value is -1.75. The van der Waals surface area contributed by atoms with Gasteiger partial charge in [-0.2, -0.15) is 0 Å². The number of ether oxygens (including phenoxy) is 3. The number of rotatable bonds is 10. The van der Waals surface area contributed by atoms with Gasteiger partial charge in [-0.1, -0.05) is 26.3 Å². The lowest BCUT2D eigenvalue weighted by atomic mass is 9.68. The molecule has 1 aromatic rings. The summed E-state index contributed by atoms with van der Waals surface area (Å²) in [6.07, 6.45) is 5.55. The first-order chi connectivity index (χ1) is 14.1. The van der Waals surface area contributed by atoms with Gasteiger partial charge in [0.25, 0.3) is 0 Å². The largest absolute Gasteiger partial charge is 0.493 e. The zero-order chi connectivity index (χ0) is 22.4. The van der Waals surface area contributed by atoms with E-state index in [1.165, 1.54) is 12.8 Å². The highest BCUT2D eigenvalue weighted by atomic mass is 16.5. The highest BCUT2D eigenvalue weighted by Crippen LogP contribution is 2.45. The topological polar surface area (TPSA) is 48.0 Å². The molecule has 0 spiro atoms. The van der Waals surface area contributed by atoms with Crippen LogP contribution in [0.3, 0.4) is 0 Å². The van der Waals surface area contributed by atoms with E-state index in [4.69, 9.17) is 14.2 Å². The molecule has 1 aliphatic heterocycles. The molecule has 0 aliphatic carbocycles. The van der Waals surface area contributed by atoms with Crippen LogP contribution in [0.2, 0.25) is 0 Å². The molecule has 170 valence electrons. The van der Waals surface area contributed by atoms with E-state index in [9.17, 15) is 4.79 Å². The number of amides is 1.